The second-order valence-corrected chi connectivity index (χ2v) is 10.0. The molecule has 5 nitrogen and oxygen atoms in total. The predicted molar refractivity (Wildman–Crippen MR) is 146 cm³/mol. The van der Waals surface area contributed by atoms with Gasteiger partial charge >= 0.3 is 0 Å². The SMILES string of the molecule is Cc1ccc(OCC(=O)N(Cc2ccc(Cl)cc2Cl)[C@@H](Cc2ccccc2)C(=O)NC(C)C)c(C)c1. The first-order chi connectivity index (χ1) is 17.1. The highest BCUT2D eigenvalue weighted by Crippen LogP contribution is 2.25. The zero-order chi connectivity index (χ0) is 26.2. The highest BCUT2D eigenvalue weighted by molar-refractivity contribution is 6.35. The molecule has 0 fully saturated rings. The number of nitrogens with one attached hydrogen (secondary N) is 1. The number of hydrogen-bond donors (Lipinski definition) is 1. The van der Waals surface area contributed by atoms with Crippen molar-refractivity contribution in [3.63, 3.8) is 0 Å². The zero-order valence-corrected chi connectivity index (χ0v) is 22.6. The molecule has 0 radical (unpaired) electrons. The number of amides is 2. The van der Waals surface area contributed by atoms with Crippen LogP contribution in [0.4, 0.5) is 0 Å². The van der Waals surface area contributed by atoms with Crippen molar-refractivity contribution in [2.75, 3.05) is 6.61 Å². The molecule has 3 aromatic rings. The van der Waals surface area contributed by atoms with Gasteiger partial charge in [0.2, 0.25) is 5.91 Å². The number of ether oxygens (including phenoxy) is 1. The van der Waals surface area contributed by atoms with Crippen molar-refractivity contribution in [2.24, 2.45) is 0 Å². The van der Waals surface area contributed by atoms with E-state index < -0.39 is 6.04 Å². The summed E-state index contributed by atoms with van der Waals surface area (Å²) in [5.74, 6) is 0.0734. The molecule has 0 aliphatic carbocycles. The van der Waals surface area contributed by atoms with Crippen molar-refractivity contribution in [2.45, 2.75) is 52.7 Å². The summed E-state index contributed by atoms with van der Waals surface area (Å²) in [6.07, 6.45) is 0.347. The van der Waals surface area contributed by atoms with Crippen LogP contribution < -0.4 is 10.1 Å². The minimum absolute atomic E-state index is 0.0849. The van der Waals surface area contributed by atoms with Gasteiger partial charge in [-0.2, -0.15) is 0 Å². The summed E-state index contributed by atoms with van der Waals surface area (Å²) in [5, 5.41) is 3.90. The largest absolute Gasteiger partial charge is 0.483 e. The molecule has 1 N–H and O–H groups in total. The lowest BCUT2D eigenvalue weighted by molar-refractivity contribution is -0.143. The number of halogens is 2. The molecule has 0 unspecified atom stereocenters. The summed E-state index contributed by atoms with van der Waals surface area (Å²) in [6, 6.07) is 19.7. The highest BCUT2D eigenvalue weighted by Gasteiger charge is 2.31. The quantitative estimate of drug-likeness (QED) is 0.344. The van der Waals surface area contributed by atoms with Gasteiger partial charge in [-0.25, -0.2) is 0 Å². The van der Waals surface area contributed by atoms with Crippen molar-refractivity contribution in [3.8, 4) is 5.75 Å². The average Bonchev–Trinajstić information content (AvgIpc) is 2.82. The van der Waals surface area contributed by atoms with Gasteiger partial charge in [0.15, 0.2) is 6.61 Å². The van der Waals surface area contributed by atoms with E-state index in [1.807, 2.05) is 76.2 Å². The Bertz CT molecular complexity index is 1200. The van der Waals surface area contributed by atoms with Gasteiger partial charge in [-0.1, -0.05) is 77.3 Å². The molecule has 0 saturated heterocycles. The molecule has 3 aromatic carbocycles. The number of nitrogens with zero attached hydrogens (tertiary/aromatic N) is 1. The van der Waals surface area contributed by atoms with Gasteiger partial charge in [0.05, 0.1) is 0 Å². The number of aryl methyl sites for hydroxylation is 2. The van der Waals surface area contributed by atoms with Crippen molar-refractivity contribution in [3.05, 3.63) is 99.0 Å². The lowest BCUT2D eigenvalue weighted by Gasteiger charge is -2.32. The van der Waals surface area contributed by atoms with E-state index in [1.54, 1.807) is 23.1 Å². The predicted octanol–water partition coefficient (Wildman–Crippen LogP) is 6.15. The molecular formula is C29H32Cl2N2O3. The molecule has 0 aliphatic heterocycles. The Labute approximate surface area is 223 Å². The third-order valence-corrected chi connectivity index (χ3v) is 6.33. The minimum Gasteiger partial charge on any atom is -0.483 e. The fraction of sp³-hybridized carbons (Fsp3) is 0.310. The summed E-state index contributed by atoms with van der Waals surface area (Å²) < 4.78 is 5.91. The first-order valence-corrected chi connectivity index (χ1v) is 12.7. The van der Waals surface area contributed by atoms with E-state index in [4.69, 9.17) is 27.9 Å². The Kier molecular flexibility index (Phi) is 9.80. The van der Waals surface area contributed by atoms with Gasteiger partial charge in [-0.3, -0.25) is 9.59 Å². The molecule has 190 valence electrons. The van der Waals surface area contributed by atoms with E-state index in [2.05, 4.69) is 5.32 Å². The van der Waals surface area contributed by atoms with Crippen molar-refractivity contribution in [1.29, 1.82) is 0 Å². The van der Waals surface area contributed by atoms with E-state index in [0.29, 0.717) is 27.8 Å². The van der Waals surface area contributed by atoms with Crippen LogP contribution in [-0.4, -0.2) is 35.4 Å². The van der Waals surface area contributed by atoms with Gasteiger partial charge in [0, 0.05) is 29.1 Å². The van der Waals surface area contributed by atoms with E-state index in [0.717, 1.165) is 16.7 Å². The maximum Gasteiger partial charge on any atom is 0.261 e. The fourth-order valence-corrected chi connectivity index (χ4v) is 4.42. The first-order valence-electron chi connectivity index (χ1n) is 11.9. The molecule has 0 heterocycles. The van der Waals surface area contributed by atoms with Gasteiger partial charge < -0.3 is 15.0 Å². The van der Waals surface area contributed by atoms with Crippen molar-refractivity contribution in [1.82, 2.24) is 10.2 Å². The lowest BCUT2D eigenvalue weighted by atomic mass is 10.0. The van der Waals surface area contributed by atoms with Crippen LogP contribution in [0.15, 0.2) is 66.7 Å². The summed E-state index contributed by atoms with van der Waals surface area (Å²) in [4.78, 5) is 28.6. The summed E-state index contributed by atoms with van der Waals surface area (Å²) >= 11 is 12.5. The molecule has 0 aliphatic rings. The van der Waals surface area contributed by atoms with E-state index >= 15 is 0 Å². The Hall–Kier alpha value is -3.02. The normalized spacial score (nSPS) is 11.8. The lowest BCUT2D eigenvalue weighted by Crippen LogP contribution is -2.52. The number of hydrogen-bond acceptors (Lipinski definition) is 3. The zero-order valence-electron chi connectivity index (χ0n) is 21.1. The molecule has 0 bridgehead atoms. The van der Waals surface area contributed by atoms with Crippen molar-refractivity contribution >= 4 is 35.0 Å². The molecule has 3 rings (SSSR count). The molecule has 0 saturated carbocycles. The number of carbonyl (C=O) groups excluding carboxylic acids is 2. The molecule has 0 spiro atoms. The third-order valence-electron chi connectivity index (χ3n) is 5.74. The third kappa shape index (κ3) is 7.74. The Morgan fingerprint density at radius 2 is 1.69 bits per heavy atom. The summed E-state index contributed by atoms with van der Waals surface area (Å²) in [7, 11) is 0. The minimum atomic E-state index is -0.767. The number of rotatable bonds is 10. The molecule has 1 atom stereocenters. The topological polar surface area (TPSA) is 58.6 Å². The van der Waals surface area contributed by atoms with Gasteiger partial charge in [-0.05, 0) is 62.6 Å². The summed E-state index contributed by atoms with van der Waals surface area (Å²) in [5.41, 5.74) is 3.68. The number of benzene rings is 3. The molecule has 7 heteroatoms. The second-order valence-electron chi connectivity index (χ2n) is 9.18. The molecule has 36 heavy (non-hydrogen) atoms. The van der Waals surface area contributed by atoms with E-state index in [1.165, 1.54) is 0 Å². The fourth-order valence-electron chi connectivity index (χ4n) is 3.95. The van der Waals surface area contributed by atoms with Crippen molar-refractivity contribution < 1.29 is 14.3 Å². The van der Waals surface area contributed by atoms with Crippen LogP contribution in [-0.2, 0) is 22.6 Å². The van der Waals surface area contributed by atoms with Crippen LogP contribution in [0, 0.1) is 13.8 Å². The van der Waals surface area contributed by atoms with Crippen LogP contribution in [0.25, 0.3) is 0 Å². The molecule has 0 aromatic heterocycles. The smallest absolute Gasteiger partial charge is 0.261 e. The van der Waals surface area contributed by atoms with Crippen LogP contribution >= 0.6 is 23.2 Å². The highest BCUT2D eigenvalue weighted by atomic mass is 35.5. The van der Waals surface area contributed by atoms with Gasteiger partial charge in [0.1, 0.15) is 11.8 Å². The van der Waals surface area contributed by atoms with Crippen LogP contribution in [0.1, 0.15) is 36.1 Å². The standard InChI is InChI=1S/C29H32Cl2N2O3/c1-19(2)32-29(35)26(15-22-8-6-5-7-9-22)33(17-23-11-12-24(30)16-25(23)31)28(34)18-36-27-13-10-20(3)14-21(27)4/h5-14,16,19,26H,15,17-18H2,1-4H3,(H,32,35)/t26-/m0/s1. The molecular weight excluding hydrogens is 495 g/mol. The summed E-state index contributed by atoms with van der Waals surface area (Å²) in [6.45, 7) is 7.64. The van der Waals surface area contributed by atoms with Crippen LogP contribution in [0.2, 0.25) is 10.0 Å². The van der Waals surface area contributed by atoms with Crippen LogP contribution in [0.3, 0.4) is 0 Å². The van der Waals surface area contributed by atoms with Crippen LogP contribution in [0.5, 0.6) is 5.75 Å². The Morgan fingerprint density at radius 3 is 2.33 bits per heavy atom. The van der Waals surface area contributed by atoms with Gasteiger partial charge in [-0.15, -0.1) is 0 Å². The van der Waals surface area contributed by atoms with E-state index in [-0.39, 0.29) is 31.0 Å². The Balaban J connectivity index is 1.95. The Morgan fingerprint density at radius 1 is 0.972 bits per heavy atom. The second kappa shape index (κ2) is 12.8. The maximum absolute atomic E-state index is 13.7. The van der Waals surface area contributed by atoms with Gasteiger partial charge in [0.25, 0.3) is 5.91 Å². The first kappa shape index (κ1) is 27.6. The monoisotopic (exact) mass is 526 g/mol. The van der Waals surface area contributed by atoms with E-state index in [9.17, 15) is 9.59 Å². The maximum atomic E-state index is 13.7. The number of carbonyl (C=O) groups is 2. The molecule has 2 amide bonds. The average molecular weight is 527 g/mol.